The highest BCUT2D eigenvalue weighted by Crippen LogP contribution is 2.21. The number of piperidine rings is 1. The van der Waals surface area contributed by atoms with Gasteiger partial charge in [0.1, 0.15) is 0 Å². The summed E-state index contributed by atoms with van der Waals surface area (Å²) in [6.45, 7) is 5.14. The Bertz CT molecular complexity index is 299. The number of primary amides is 1. The van der Waals surface area contributed by atoms with Crippen molar-refractivity contribution >= 4 is 12.0 Å². The maximum atomic E-state index is 11.0. The lowest BCUT2D eigenvalue weighted by Gasteiger charge is -2.33. The summed E-state index contributed by atoms with van der Waals surface area (Å²) in [7, 11) is 1.63. The smallest absolute Gasteiger partial charge is 0.318 e. The lowest BCUT2D eigenvalue weighted by molar-refractivity contribution is 0.206. The van der Waals surface area contributed by atoms with Crippen molar-refractivity contribution in [1.82, 2.24) is 10.2 Å². The van der Waals surface area contributed by atoms with Gasteiger partial charge in [0, 0.05) is 20.2 Å². The Morgan fingerprint density at radius 3 is 2.68 bits per heavy atom. The third-order valence-electron chi connectivity index (χ3n) is 3.40. The molecular weight excluding hydrogens is 244 g/mol. The minimum atomic E-state index is -0.563. The van der Waals surface area contributed by atoms with E-state index in [0.29, 0.717) is 19.1 Å². The summed E-state index contributed by atoms with van der Waals surface area (Å²) in [5.41, 5.74) is 5.19. The lowest BCUT2D eigenvalue weighted by Crippen LogP contribution is -2.49. The summed E-state index contributed by atoms with van der Waals surface area (Å²) in [5.74, 6) is 1.38. The van der Waals surface area contributed by atoms with E-state index in [1.165, 1.54) is 12.8 Å². The fourth-order valence-electron chi connectivity index (χ4n) is 2.41. The van der Waals surface area contributed by atoms with Gasteiger partial charge in [0.25, 0.3) is 0 Å². The molecule has 19 heavy (non-hydrogen) atoms. The van der Waals surface area contributed by atoms with E-state index >= 15 is 0 Å². The molecule has 1 aliphatic heterocycles. The van der Waals surface area contributed by atoms with Crippen LogP contribution in [0.15, 0.2) is 4.99 Å². The van der Waals surface area contributed by atoms with Crippen molar-refractivity contribution in [3.05, 3.63) is 0 Å². The molecule has 0 aromatic heterocycles. The summed E-state index contributed by atoms with van der Waals surface area (Å²) < 4.78 is 4.96. The number of nitrogens with zero attached hydrogens (tertiary/aromatic N) is 2. The first-order chi connectivity index (χ1) is 9.17. The van der Waals surface area contributed by atoms with E-state index in [-0.39, 0.29) is 0 Å². The number of aliphatic imine (C=N–C) groups is 1. The molecular formula is C13H26N4O2. The van der Waals surface area contributed by atoms with Gasteiger partial charge in [-0.2, -0.15) is 0 Å². The Labute approximate surface area is 115 Å². The van der Waals surface area contributed by atoms with Crippen LogP contribution in [-0.2, 0) is 4.74 Å². The van der Waals surface area contributed by atoms with E-state index in [1.54, 1.807) is 7.11 Å². The number of hydrogen-bond donors (Lipinski definition) is 2. The summed E-state index contributed by atoms with van der Waals surface area (Å²) >= 11 is 0. The fourth-order valence-corrected chi connectivity index (χ4v) is 2.41. The standard InChI is InChI=1S/C13H26N4O2/c1-3-4-11-5-8-17(9-6-11)13(16-12(14)18)15-7-10-19-2/h11H,3-10H2,1-2H3,(H3,14,15,16,18). The minimum Gasteiger partial charge on any atom is -0.383 e. The molecule has 1 fully saturated rings. The molecule has 0 radical (unpaired) electrons. The van der Waals surface area contributed by atoms with E-state index in [2.05, 4.69) is 22.1 Å². The predicted molar refractivity (Wildman–Crippen MR) is 76.1 cm³/mol. The van der Waals surface area contributed by atoms with Gasteiger partial charge in [0.2, 0.25) is 5.96 Å². The first kappa shape index (κ1) is 15.8. The van der Waals surface area contributed by atoms with Gasteiger partial charge in [-0.1, -0.05) is 19.8 Å². The van der Waals surface area contributed by atoms with Gasteiger partial charge in [0.05, 0.1) is 13.2 Å². The van der Waals surface area contributed by atoms with Crippen LogP contribution in [0.2, 0.25) is 0 Å². The van der Waals surface area contributed by atoms with Crippen LogP contribution in [0.1, 0.15) is 32.6 Å². The molecule has 0 aliphatic carbocycles. The van der Waals surface area contributed by atoms with Crippen LogP contribution >= 0.6 is 0 Å². The number of ether oxygens (including phenoxy) is 1. The average Bonchev–Trinajstić information content (AvgIpc) is 2.39. The topological polar surface area (TPSA) is 79.9 Å². The Hall–Kier alpha value is -1.30. The normalized spacial score (nSPS) is 17.6. The molecule has 0 atom stereocenters. The Morgan fingerprint density at radius 2 is 2.16 bits per heavy atom. The molecule has 3 N–H and O–H groups in total. The summed E-state index contributed by atoms with van der Waals surface area (Å²) in [6.07, 6.45) is 4.82. The van der Waals surface area contributed by atoms with Gasteiger partial charge >= 0.3 is 6.03 Å². The highest BCUT2D eigenvalue weighted by molar-refractivity contribution is 5.95. The molecule has 1 rings (SSSR count). The second kappa shape index (κ2) is 8.74. The third-order valence-corrected chi connectivity index (χ3v) is 3.40. The van der Waals surface area contributed by atoms with E-state index in [9.17, 15) is 4.79 Å². The number of nitrogens with one attached hydrogen (secondary N) is 1. The summed E-state index contributed by atoms with van der Waals surface area (Å²) in [4.78, 5) is 17.5. The number of likely N-dealkylation sites (tertiary alicyclic amines) is 1. The van der Waals surface area contributed by atoms with E-state index in [0.717, 1.165) is 31.8 Å². The van der Waals surface area contributed by atoms with Crippen LogP contribution in [0.3, 0.4) is 0 Å². The molecule has 6 nitrogen and oxygen atoms in total. The zero-order valence-electron chi connectivity index (χ0n) is 12.0. The van der Waals surface area contributed by atoms with Gasteiger partial charge < -0.3 is 15.4 Å². The Morgan fingerprint density at radius 1 is 1.47 bits per heavy atom. The highest BCUT2D eigenvalue weighted by Gasteiger charge is 2.21. The number of hydrogen-bond acceptors (Lipinski definition) is 3. The summed E-state index contributed by atoms with van der Waals surface area (Å²) in [6, 6.07) is -0.563. The predicted octanol–water partition coefficient (Wildman–Crippen LogP) is 1.17. The van der Waals surface area contributed by atoms with Crippen LogP contribution in [-0.4, -0.2) is 50.2 Å². The molecule has 0 unspecified atom stereocenters. The molecule has 0 aromatic rings. The zero-order chi connectivity index (χ0) is 14.1. The molecule has 1 aliphatic rings. The average molecular weight is 270 g/mol. The molecule has 0 saturated carbocycles. The van der Waals surface area contributed by atoms with Gasteiger partial charge in [-0.15, -0.1) is 0 Å². The second-order valence-electron chi connectivity index (χ2n) is 4.91. The molecule has 0 bridgehead atoms. The van der Waals surface area contributed by atoms with Crippen molar-refractivity contribution in [2.24, 2.45) is 16.6 Å². The van der Waals surface area contributed by atoms with Gasteiger partial charge in [0.15, 0.2) is 0 Å². The van der Waals surface area contributed by atoms with Crippen molar-refractivity contribution in [3.63, 3.8) is 0 Å². The maximum Gasteiger partial charge on any atom is 0.318 e. The van der Waals surface area contributed by atoms with Crippen LogP contribution in [0, 0.1) is 5.92 Å². The number of guanidine groups is 1. The van der Waals surface area contributed by atoms with Gasteiger partial charge in [-0.3, -0.25) is 10.3 Å². The monoisotopic (exact) mass is 270 g/mol. The van der Waals surface area contributed by atoms with Crippen molar-refractivity contribution in [2.45, 2.75) is 32.6 Å². The number of methoxy groups -OCH3 is 1. The summed E-state index contributed by atoms with van der Waals surface area (Å²) in [5, 5.41) is 2.61. The van der Waals surface area contributed by atoms with Crippen molar-refractivity contribution in [1.29, 1.82) is 0 Å². The third kappa shape index (κ3) is 5.92. The quantitative estimate of drug-likeness (QED) is 0.447. The van der Waals surface area contributed by atoms with Crippen molar-refractivity contribution in [2.75, 3.05) is 33.4 Å². The number of rotatable bonds is 5. The van der Waals surface area contributed by atoms with Crippen LogP contribution in [0.4, 0.5) is 4.79 Å². The van der Waals surface area contributed by atoms with E-state index in [4.69, 9.17) is 10.5 Å². The number of amides is 2. The van der Waals surface area contributed by atoms with Gasteiger partial charge in [-0.05, 0) is 18.8 Å². The van der Waals surface area contributed by atoms with E-state index < -0.39 is 6.03 Å². The molecule has 2 amide bonds. The number of carbonyl (C=O) groups excluding carboxylic acids is 1. The van der Waals surface area contributed by atoms with Gasteiger partial charge in [-0.25, -0.2) is 4.79 Å². The first-order valence-electron chi connectivity index (χ1n) is 7.02. The molecule has 110 valence electrons. The van der Waals surface area contributed by atoms with Crippen LogP contribution in [0.25, 0.3) is 0 Å². The molecule has 0 aromatic carbocycles. The molecule has 6 heteroatoms. The molecule has 0 spiro atoms. The van der Waals surface area contributed by atoms with Crippen LogP contribution in [0.5, 0.6) is 0 Å². The van der Waals surface area contributed by atoms with Crippen molar-refractivity contribution in [3.8, 4) is 0 Å². The first-order valence-corrected chi connectivity index (χ1v) is 7.02. The maximum absolute atomic E-state index is 11.0. The highest BCUT2D eigenvalue weighted by atomic mass is 16.5. The minimum absolute atomic E-state index is 0.529. The molecule has 1 heterocycles. The van der Waals surface area contributed by atoms with E-state index in [1.807, 2.05) is 0 Å². The van der Waals surface area contributed by atoms with Crippen molar-refractivity contribution < 1.29 is 9.53 Å². The number of carbonyl (C=O) groups is 1. The fraction of sp³-hybridized carbons (Fsp3) is 0.846. The zero-order valence-corrected chi connectivity index (χ0v) is 12.0. The largest absolute Gasteiger partial charge is 0.383 e. The number of nitrogens with two attached hydrogens (primary N) is 1. The van der Waals surface area contributed by atoms with Crippen LogP contribution < -0.4 is 11.1 Å². The second-order valence-corrected chi connectivity index (χ2v) is 4.91. The Kier molecular flexibility index (Phi) is 7.25. The lowest BCUT2D eigenvalue weighted by atomic mass is 9.93. The number of urea groups is 1. The molecule has 1 saturated heterocycles. The Balaban J connectivity index is 2.51. The SMILES string of the molecule is CCCC1CCN(C(=NCCOC)NC(N)=O)CC1.